The molecule has 0 aliphatic heterocycles. The maximum atomic E-state index is 12.4. The summed E-state index contributed by atoms with van der Waals surface area (Å²) in [6.45, 7) is 3.20. The second kappa shape index (κ2) is 6.19. The number of likely N-dealkylation sites (N-methyl/N-ethyl adjacent to an activating group) is 1. The molecule has 8 nitrogen and oxygen atoms in total. The summed E-state index contributed by atoms with van der Waals surface area (Å²) in [5.74, 6) is -1.68. The van der Waals surface area contributed by atoms with Crippen LogP contribution < -0.4 is 0 Å². The number of carboxylic acids is 1. The minimum Gasteiger partial charge on any atom is -0.480 e. The summed E-state index contributed by atoms with van der Waals surface area (Å²) < 4.78 is 25.5. The van der Waals surface area contributed by atoms with Crippen molar-refractivity contribution < 1.29 is 23.2 Å². The number of benzene rings is 1. The van der Waals surface area contributed by atoms with Crippen molar-refractivity contribution in [3.63, 3.8) is 0 Å². The Labute approximate surface area is 122 Å². The summed E-state index contributed by atoms with van der Waals surface area (Å²) in [4.78, 5) is 20.9. The van der Waals surface area contributed by atoms with Gasteiger partial charge in [0.1, 0.15) is 6.04 Å². The van der Waals surface area contributed by atoms with E-state index < -0.39 is 32.9 Å². The molecule has 0 aliphatic rings. The molecule has 0 heterocycles. The van der Waals surface area contributed by atoms with Gasteiger partial charge in [-0.25, -0.2) is 8.42 Å². The third-order valence-electron chi connectivity index (χ3n) is 3.00. The second-order valence-corrected chi connectivity index (χ2v) is 6.80. The van der Waals surface area contributed by atoms with Crippen molar-refractivity contribution in [2.24, 2.45) is 5.92 Å². The molecule has 0 aliphatic carbocycles. The first-order valence-electron chi connectivity index (χ1n) is 6.04. The van der Waals surface area contributed by atoms with Gasteiger partial charge in [-0.15, -0.1) is 0 Å². The molecule has 1 rings (SSSR count). The van der Waals surface area contributed by atoms with Crippen LogP contribution in [0.4, 0.5) is 5.69 Å². The molecule has 21 heavy (non-hydrogen) atoms. The van der Waals surface area contributed by atoms with E-state index in [1.165, 1.54) is 7.05 Å². The van der Waals surface area contributed by atoms with E-state index in [0.29, 0.717) is 0 Å². The highest BCUT2D eigenvalue weighted by atomic mass is 32.2. The van der Waals surface area contributed by atoms with E-state index in [0.717, 1.165) is 28.6 Å². The van der Waals surface area contributed by atoms with Crippen LogP contribution in [0.1, 0.15) is 13.8 Å². The summed E-state index contributed by atoms with van der Waals surface area (Å²) in [6, 6.07) is 3.08. The summed E-state index contributed by atoms with van der Waals surface area (Å²) >= 11 is 0. The predicted molar refractivity (Wildman–Crippen MR) is 74.3 cm³/mol. The first-order valence-corrected chi connectivity index (χ1v) is 7.48. The van der Waals surface area contributed by atoms with Crippen LogP contribution in [0, 0.1) is 16.0 Å². The smallest absolute Gasteiger partial charge is 0.322 e. The van der Waals surface area contributed by atoms with Crippen LogP contribution in [0.2, 0.25) is 0 Å². The highest BCUT2D eigenvalue weighted by molar-refractivity contribution is 7.89. The van der Waals surface area contributed by atoms with E-state index in [1.54, 1.807) is 13.8 Å². The molecule has 1 aromatic rings. The van der Waals surface area contributed by atoms with Crippen molar-refractivity contribution in [3.8, 4) is 0 Å². The largest absolute Gasteiger partial charge is 0.480 e. The Kier molecular flexibility index (Phi) is 5.02. The number of nitro groups is 1. The van der Waals surface area contributed by atoms with E-state index in [-0.39, 0.29) is 10.6 Å². The molecule has 0 saturated heterocycles. The monoisotopic (exact) mass is 316 g/mol. The second-order valence-electron chi connectivity index (χ2n) is 4.80. The highest BCUT2D eigenvalue weighted by Crippen LogP contribution is 2.22. The van der Waals surface area contributed by atoms with Crippen LogP contribution in [-0.2, 0) is 14.8 Å². The molecule has 0 bridgehead atoms. The van der Waals surface area contributed by atoms with Crippen LogP contribution in [0.25, 0.3) is 0 Å². The Hall–Kier alpha value is -2.00. The minimum atomic E-state index is -4.04. The molecule has 1 atom stereocenters. The van der Waals surface area contributed by atoms with Gasteiger partial charge in [0.15, 0.2) is 0 Å². The van der Waals surface area contributed by atoms with Crippen molar-refractivity contribution in [2.75, 3.05) is 7.05 Å². The van der Waals surface area contributed by atoms with Gasteiger partial charge in [-0.2, -0.15) is 4.31 Å². The molecule has 0 spiro atoms. The van der Waals surface area contributed by atoms with E-state index in [4.69, 9.17) is 5.11 Å². The first-order chi connectivity index (χ1) is 9.59. The van der Waals surface area contributed by atoms with Gasteiger partial charge in [-0.05, 0) is 18.1 Å². The molecule has 9 heteroatoms. The minimum absolute atomic E-state index is 0.192. The molecular weight excluding hydrogens is 300 g/mol. The molecule has 0 unspecified atom stereocenters. The van der Waals surface area contributed by atoms with Gasteiger partial charge in [0, 0.05) is 19.2 Å². The number of rotatable bonds is 6. The van der Waals surface area contributed by atoms with E-state index >= 15 is 0 Å². The summed E-state index contributed by atoms with van der Waals surface area (Å²) in [5, 5.41) is 19.7. The number of hydrogen-bond acceptors (Lipinski definition) is 5. The SMILES string of the molecule is CC(C)[C@@H](C(=O)O)N(C)S(=O)(=O)c1ccc([N+](=O)[O-])cc1. The molecule has 1 N–H and O–H groups in total. The van der Waals surface area contributed by atoms with E-state index in [2.05, 4.69) is 0 Å². The van der Waals surface area contributed by atoms with Gasteiger partial charge in [0.05, 0.1) is 9.82 Å². The van der Waals surface area contributed by atoms with Crippen molar-refractivity contribution >= 4 is 21.7 Å². The fraction of sp³-hybridized carbons (Fsp3) is 0.417. The number of hydrogen-bond donors (Lipinski definition) is 1. The third-order valence-corrected chi connectivity index (χ3v) is 4.85. The zero-order valence-electron chi connectivity index (χ0n) is 11.8. The number of sulfonamides is 1. The Bertz CT molecular complexity index is 638. The molecule has 0 aromatic heterocycles. The Balaban J connectivity index is 3.20. The maximum absolute atomic E-state index is 12.4. The predicted octanol–water partition coefficient (Wildman–Crippen LogP) is 1.32. The van der Waals surface area contributed by atoms with Crippen LogP contribution in [-0.4, -0.2) is 41.8 Å². The first kappa shape index (κ1) is 17.1. The lowest BCUT2D eigenvalue weighted by molar-refractivity contribution is -0.384. The normalized spacial score (nSPS) is 13.4. The lowest BCUT2D eigenvalue weighted by atomic mass is 10.1. The van der Waals surface area contributed by atoms with Crippen molar-refractivity contribution in [1.82, 2.24) is 4.31 Å². The fourth-order valence-corrected chi connectivity index (χ4v) is 3.36. The number of nitrogens with zero attached hydrogens (tertiary/aromatic N) is 2. The van der Waals surface area contributed by atoms with Gasteiger partial charge in [-0.3, -0.25) is 14.9 Å². The van der Waals surface area contributed by atoms with Crippen LogP contribution in [0.3, 0.4) is 0 Å². The Morgan fingerprint density at radius 2 is 1.76 bits per heavy atom. The van der Waals surface area contributed by atoms with Gasteiger partial charge in [-0.1, -0.05) is 13.8 Å². The van der Waals surface area contributed by atoms with Crippen molar-refractivity contribution in [1.29, 1.82) is 0 Å². The number of carbonyl (C=O) groups is 1. The third kappa shape index (κ3) is 3.56. The van der Waals surface area contributed by atoms with Gasteiger partial charge >= 0.3 is 5.97 Å². The van der Waals surface area contributed by atoms with E-state index in [1.807, 2.05) is 0 Å². The quantitative estimate of drug-likeness (QED) is 0.624. The number of nitro benzene ring substituents is 1. The lowest BCUT2D eigenvalue weighted by Gasteiger charge is -2.26. The van der Waals surface area contributed by atoms with Crippen LogP contribution in [0.5, 0.6) is 0 Å². The molecule has 1 aromatic carbocycles. The number of non-ortho nitro benzene ring substituents is 1. The Morgan fingerprint density at radius 1 is 1.29 bits per heavy atom. The molecular formula is C12H16N2O6S. The van der Waals surface area contributed by atoms with Crippen LogP contribution in [0.15, 0.2) is 29.2 Å². The molecule has 116 valence electrons. The average Bonchev–Trinajstić information content (AvgIpc) is 2.37. The number of aliphatic carboxylic acids is 1. The zero-order chi connectivity index (χ0) is 16.4. The molecule has 0 fully saturated rings. The summed E-state index contributed by atoms with van der Waals surface area (Å²) in [6.07, 6.45) is 0. The molecule has 0 amide bonds. The van der Waals surface area contributed by atoms with E-state index in [9.17, 15) is 23.3 Å². The highest BCUT2D eigenvalue weighted by Gasteiger charge is 2.35. The van der Waals surface area contributed by atoms with Crippen molar-refractivity contribution in [3.05, 3.63) is 34.4 Å². The average molecular weight is 316 g/mol. The van der Waals surface area contributed by atoms with Gasteiger partial charge < -0.3 is 5.11 Å². The summed E-state index contributed by atoms with van der Waals surface area (Å²) in [7, 11) is -2.86. The van der Waals surface area contributed by atoms with Crippen molar-refractivity contribution in [2.45, 2.75) is 24.8 Å². The van der Waals surface area contributed by atoms with Crippen LogP contribution >= 0.6 is 0 Å². The summed E-state index contributed by atoms with van der Waals surface area (Å²) in [5.41, 5.74) is -0.241. The van der Waals surface area contributed by atoms with Gasteiger partial charge in [0.2, 0.25) is 10.0 Å². The lowest BCUT2D eigenvalue weighted by Crippen LogP contribution is -2.45. The Morgan fingerprint density at radius 3 is 2.10 bits per heavy atom. The molecule has 0 saturated carbocycles. The van der Waals surface area contributed by atoms with Gasteiger partial charge in [0.25, 0.3) is 5.69 Å². The maximum Gasteiger partial charge on any atom is 0.322 e. The number of carboxylic acid groups (broad SMARTS) is 1. The standard InChI is InChI=1S/C12H16N2O6S/c1-8(2)11(12(15)16)13(3)21(19,20)10-6-4-9(5-7-10)14(17)18/h4-8,11H,1-3H3,(H,15,16)/t11-/m0/s1. The fourth-order valence-electron chi connectivity index (χ4n) is 1.92. The zero-order valence-corrected chi connectivity index (χ0v) is 12.6. The topological polar surface area (TPSA) is 118 Å². The molecule has 0 radical (unpaired) electrons.